The highest BCUT2D eigenvalue weighted by Crippen LogP contribution is 2.87. The van der Waals surface area contributed by atoms with Gasteiger partial charge < -0.3 is 29.5 Å². The molecule has 5 aliphatic carbocycles. The van der Waals surface area contributed by atoms with E-state index in [0.717, 1.165) is 38.1 Å². The molecule has 0 bridgehead atoms. The van der Waals surface area contributed by atoms with Crippen LogP contribution in [0.3, 0.4) is 0 Å². The van der Waals surface area contributed by atoms with Crippen LogP contribution < -0.4 is 5.32 Å². The number of aliphatic hydroxyl groups is 1. The van der Waals surface area contributed by atoms with E-state index in [1.807, 2.05) is 14.1 Å². The smallest absolute Gasteiger partial charge is 0.407 e. The van der Waals surface area contributed by atoms with E-state index in [9.17, 15) is 14.7 Å². The zero-order valence-corrected chi connectivity index (χ0v) is 28.0. The predicted octanol–water partition coefficient (Wildman–Crippen LogP) is 5.80. The summed E-state index contributed by atoms with van der Waals surface area (Å²) in [5.41, 5.74) is -0.0793. The highest BCUT2D eigenvalue weighted by molar-refractivity contribution is 5.67. The number of rotatable bonds is 7. The molecule has 43 heavy (non-hydrogen) atoms. The van der Waals surface area contributed by atoms with Crippen LogP contribution in [0.15, 0.2) is 0 Å². The maximum atomic E-state index is 12.7. The third-order valence-corrected chi connectivity index (χ3v) is 14.0. The molecule has 0 aromatic carbocycles. The molecule has 0 aromatic rings. The fourth-order valence-electron chi connectivity index (χ4n) is 12.1. The molecule has 8 heteroatoms. The maximum Gasteiger partial charge on any atom is 0.407 e. The zero-order valence-electron chi connectivity index (χ0n) is 28.0. The lowest BCUT2D eigenvalue weighted by molar-refractivity contribution is -0.200. The Morgan fingerprint density at radius 3 is 2.42 bits per heavy atom. The molecule has 0 radical (unpaired) electrons. The number of amides is 1. The highest BCUT2D eigenvalue weighted by atomic mass is 16.6. The number of esters is 1. The lowest BCUT2D eigenvalue weighted by Gasteiger charge is -2.59. The van der Waals surface area contributed by atoms with Crippen LogP contribution in [-0.4, -0.2) is 79.3 Å². The lowest BCUT2D eigenvalue weighted by Crippen LogP contribution is -2.55. The fraction of sp³-hybridized carbons (Fsp3) is 0.943. The summed E-state index contributed by atoms with van der Waals surface area (Å²) in [6, 6.07) is 0. The van der Waals surface area contributed by atoms with Gasteiger partial charge in [-0.3, -0.25) is 4.79 Å². The van der Waals surface area contributed by atoms with E-state index in [-0.39, 0.29) is 42.6 Å². The van der Waals surface area contributed by atoms with E-state index in [4.69, 9.17) is 14.2 Å². The van der Waals surface area contributed by atoms with Gasteiger partial charge in [0.2, 0.25) is 0 Å². The summed E-state index contributed by atoms with van der Waals surface area (Å²) in [5.74, 6) is 2.15. The number of nitrogens with one attached hydrogen (secondary N) is 1. The molecule has 1 heterocycles. The van der Waals surface area contributed by atoms with Crippen LogP contribution in [0.2, 0.25) is 0 Å². The number of hydrogen-bond donors (Lipinski definition) is 2. The average Bonchev–Trinajstić information content (AvgIpc) is 3.48. The Labute approximate surface area is 260 Å². The molecule has 11 atom stereocenters. The topological polar surface area (TPSA) is 97.3 Å². The van der Waals surface area contributed by atoms with Crippen LogP contribution in [0.4, 0.5) is 4.79 Å². The number of ether oxygens (including phenoxy) is 3. The van der Waals surface area contributed by atoms with E-state index in [1.54, 1.807) is 13.8 Å². The van der Waals surface area contributed by atoms with Crippen LogP contribution in [0.5, 0.6) is 0 Å². The number of hydrogen-bond acceptors (Lipinski definition) is 7. The second-order valence-electron chi connectivity index (χ2n) is 17.1. The molecule has 5 saturated carbocycles. The summed E-state index contributed by atoms with van der Waals surface area (Å²) in [6.45, 7) is 13.6. The second kappa shape index (κ2) is 10.6. The first-order valence-corrected chi connectivity index (χ1v) is 17.2. The largest absolute Gasteiger partial charge is 0.457 e. The van der Waals surface area contributed by atoms with Gasteiger partial charge in [0.15, 0.2) is 6.10 Å². The van der Waals surface area contributed by atoms with E-state index in [1.165, 1.54) is 45.4 Å². The summed E-state index contributed by atoms with van der Waals surface area (Å²) in [7, 11) is 4.02. The summed E-state index contributed by atoms with van der Waals surface area (Å²) < 4.78 is 18.6. The monoisotopic (exact) mass is 604 g/mol. The standard InChI is InChI=1S/C35H58N2O6.H2/c1-21(38)41-29(32(4,5)40)25-11-9-23-26(42-25)19-24-22-10-12-27-31(2,3)28(43-30(39)36-17-18-37(7)8)13-14-35(27)20-34(22,35)16-15-33(23,24)6;/h22-29,40H,9-20H2,1-8H3,(H,36,39);1H/t22?,23?,24?,25?,26?,27?,28-,29-,33?,34-,35?;/m0./s1. The van der Waals surface area contributed by atoms with Gasteiger partial charge in [-0.15, -0.1) is 0 Å². The van der Waals surface area contributed by atoms with E-state index >= 15 is 0 Å². The van der Waals surface area contributed by atoms with Gasteiger partial charge in [0.25, 0.3) is 0 Å². The minimum absolute atomic E-state index is 0. The quantitative estimate of drug-likeness (QED) is 0.355. The first kappa shape index (κ1) is 31.6. The summed E-state index contributed by atoms with van der Waals surface area (Å²) in [5, 5.41) is 13.8. The van der Waals surface area contributed by atoms with Crippen molar-refractivity contribution in [2.45, 2.75) is 136 Å². The van der Waals surface area contributed by atoms with Gasteiger partial charge in [-0.25, -0.2) is 4.79 Å². The van der Waals surface area contributed by atoms with Gasteiger partial charge in [0, 0.05) is 26.9 Å². The van der Waals surface area contributed by atoms with Crippen LogP contribution in [-0.2, 0) is 19.0 Å². The molecule has 2 spiro atoms. The Kier molecular flexibility index (Phi) is 7.78. The third-order valence-electron chi connectivity index (χ3n) is 14.0. The summed E-state index contributed by atoms with van der Waals surface area (Å²) in [4.78, 5) is 26.7. The minimum Gasteiger partial charge on any atom is -0.457 e. The maximum absolute atomic E-state index is 12.7. The van der Waals surface area contributed by atoms with E-state index < -0.39 is 11.7 Å². The number of alkyl carbamates (subject to hydrolysis) is 1. The molecule has 8 unspecified atom stereocenters. The molecule has 1 amide bonds. The summed E-state index contributed by atoms with van der Waals surface area (Å²) in [6.07, 6.45) is 10.5. The molecule has 6 aliphatic rings. The van der Waals surface area contributed by atoms with Gasteiger partial charge in [-0.1, -0.05) is 20.8 Å². The number of carbonyl (C=O) groups excluding carboxylic acids is 2. The van der Waals surface area contributed by atoms with Crippen molar-refractivity contribution in [3.8, 4) is 0 Å². The van der Waals surface area contributed by atoms with Crippen LogP contribution in [0.25, 0.3) is 0 Å². The van der Waals surface area contributed by atoms with Crippen molar-refractivity contribution in [2.24, 2.45) is 45.3 Å². The number of nitrogens with zero attached hydrogens (tertiary/aromatic N) is 1. The van der Waals surface area contributed by atoms with Crippen LogP contribution in [0, 0.1) is 45.3 Å². The molecule has 0 aromatic heterocycles. The van der Waals surface area contributed by atoms with Crippen LogP contribution in [0.1, 0.15) is 107 Å². The molecular weight excluding hydrogens is 544 g/mol. The zero-order chi connectivity index (χ0) is 31.2. The Morgan fingerprint density at radius 1 is 1.02 bits per heavy atom. The van der Waals surface area contributed by atoms with E-state index in [2.05, 4.69) is 31.0 Å². The Bertz CT molecular complexity index is 1110. The van der Waals surface area contributed by atoms with Gasteiger partial charge >= 0.3 is 12.1 Å². The van der Waals surface area contributed by atoms with Crippen LogP contribution >= 0.6 is 0 Å². The summed E-state index contributed by atoms with van der Waals surface area (Å²) >= 11 is 0. The lowest BCUT2D eigenvalue weighted by atomic mass is 9.46. The molecular formula is C35H60N2O6. The van der Waals surface area contributed by atoms with Gasteiger partial charge in [0.1, 0.15) is 6.10 Å². The van der Waals surface area contributed by atoms with Crippen molar-refractivity contribution < 1.29 is 30.3 Å². The molecule has 1 saturated heterocycles. The van der Waals surface area contributed by atoms with Gasteiger partial charge in [-0.2, -0.15) is 0 Å². The molecule has 8 nitrogen and oxygen atoms in total. The second-order valence-corrected chi connectivity index (χ2v) is 17.1. The number of likely N-dealkylation sites (N-methyl/N-ethyl adjacent to an activating group) is 1. The van der Waals surface area contributed by atoms with Crippen molar-refractivity contribution in [2.75, 3.05) is 27.2 Å². The highest BCUT2D eigenvalue weighted by Gasteiger charge is 2.81. The third kappa shape index (κ3) is 4.95. The molecule has 6 rings (SSSR count). The number of carbonyl (C=O) groups is 2. The fourth-order valence-corrected chi connectivity index (χ4v) is 12.1. The van der Waals surface area contributed by atoms with Crippen molar-refractivity contribution in [3.63, 3.8) is 0 Å². The molecule has 2 N–H and O–H groups in total. The van der Waals surface area contributed by atoms with Crippen molar-refractivity contribution in [3.05, 3.63) is 0 Å². The van der Waals surface area contributed by atoms with E-state index in [0.29, 0.717) is 35.1 Å². The molecule has 1 aliphatic heterocycles. The SMILES string of the molecule is CC(=O)O[C@@H](C1CCC2C(CC3C4CCC5C(C)(C)[C@@H](OC(=O)NCCN(C)C)CCC56C[C@@]46CCC23C)O1)C(C)(C)O.[HH]. The minimum atomic E-state index is -1.15. The van der Waals surface area contributed by atoms with Gasteiger partial charge in [-0.05, 0) is 132 Å². The first-order chi connectivity index (χ1) is 20.0. The predicted molar refractivity (Wildman–Crippen MR) is 166 cm³/mol. The van der Waals surface area contributed by atoms with Crippen molar-refractivity contribution in [1.29, 1.82) is 0 Å². The Morgan fingerprint density at radius 2 is 1.74 bits per heavy atom. The first-order valence-electron chi connectivity index (χ1n) is 17.2. The Balaban J connectivity index is 0.00000384. The van der Waals surface area contributed by atoms with Gasteiger partial charge in [0.05, 0.1) is 17.8 Å². The molecule has 246 valence electrons. The number of fused-ring (bicyclic) bond motifs is 4. The molecule has 6 fully saturated rings. The van der Waals surface area contributed by atoms with Crippen molar-refractivity contribution in [1.82, 2.24) is 10.2 Å². The van der Waals surface area contributed by atoms with Crippen molar-refractivity contribution >= 4 is 12.1 Å². The Hall–Kier alpha value is -1.38. The normalized spacial score (nSPS) is 45.0. The average molecular weight is 605 g/mol.